The van der Waals surface area contributed by atoms with Gasteiger partial charge in [0.2, 0.25) is 0 Å². The summed E-state index contributed by atoms with van der Waals surface area (Å²) >= 11 is 1.28. The minimum absolute atomic E-state index is 0.367. The second-order valence-corrected chi connectivity index (χ2v) is 4.68. The average Bonchev–Trinajstić information content (AvgIpc) is 2.63. The van der Waals surface area contributed by atoms with Gasteiger partial charge >= 0.3 is 6.18 Å². The molecule has 1 aromatic carbocycles. The Labute approximate surface area is 99.9 Å². The lowest BCUT2D eigenvalue weighted by atomic mass is 10.1. The number of nitrogen functional groups attached to an aromatic ring is 1. The van der Waals surface area contributed by atoms with Crippen LogP contribution in [0.1, 0.15) is 16.1 Å². The van der Waals surface area contributed by atoms with Crippen LogP contribution in [-0.2, 0) is 12.6 Å². The lowest BCUT2D eigenvalue weighted by Crippen LogP contribution is -2.05. The van der Waals surface area contributed by atoms with Crippen LogP contribution in [0.15, 0.2) is 30.5 Å². The van der Waals surface area contributed by atoms with E-state index in [0.717, 1.165) is 12.1 Å². The average molecular weight is 258 g/mol. The number of rotatable bonds is 2. The van der Waals surface area contributed by atoms with Crippen molar-refractivity contribution in [2.24, 2.45) is 0 Å². The first-order chi connectivity index (χ1) is 7.95. The fourth-order valence-corrected chi connectivity index (χ4v) is 2.16. The molecule has 0 atom stereocenters. The van der Waals surface area contributed by atoms with Gasteiger partial charge in [0, 0.05) is 6.42 Å². The molecule has 17 heavy (non-hydrogen) atoms. The maximum atomic E-state index is 12.5. The summed E-state index contributed by atoms with van der Waals surface area (Å²) < 4.78 is 37.4. The molecule has 90 valence electrons. The highest BCUT2D eigenvalue weighted by molar-refractivity contribution is 7.15. The highest BCUT2D eigenvalue weighted by Crippen LogP contribution is 2.30. The third kappa shape index (κ3) is 2.97. The molecule has 2 rings (SSSR count). The summed E-state index contributed by atoms with van der Waals surface area (Å²) in [6.07, 6.45) is -2.43. The van der Waals surface area contributed by atoms with Gasteiger partial charge < -0.3 is 5.73 Å². The Morgan fingerprint density at radius 3 is 2.65 bits per heavy atom. The lowest BCUT2D eigenvalue weighted by Gasteiger charge is -2.07. The van der Waals surface area contributed by atoms with E-state index >= 15 is 0 Å². The Morgan fingerprint density at radius 2 is 2.06 bits per heavy atom. The first kappa shape index (κ1) is 11.9. The number of alkyl halides is 3. The van der Waals surface area contributed by atoms with E-state index in [1.165, 1.54) is 23.6 Å². The number of nitrogens with zero attached hydrogens (tertiary/aromatic N) is 1. The van der Waals surface area contributed by atoms with Crippen molar-refractivity contribution < 1.29 is 13.2 Å². The largest absolute Gasteiger partial charge is 0.416 e. The molecule has 0 aliphatic carbocycles. The summed E-state index contributed by atoms with van der Waals surface area (Å²) in [5.41, 5.74) is 5.45. The van der Waals surface area contributed by atoms with E-state index in [-0.39, 0.29) is 0 Å². The van der Waals surface area contributed by atoms with Crippen LogP contribution >= 0.6 is 11.3 Å². The summed E-state index contributed by atoms with van der Waals surface area (Å²) in [5, 5.41) is 1.27. The quantitative estimate of drug-likeness (QED) is 0.897. The second kappa shape index (κ2) is 4.37. The highest BCUT2D eigenvalue weighted by Gasteiger charge is 2.30. The fourth-order valence-electron chi connectivity index (χ4n) is 1.44. The summed E-state index contributed by atoms with van der Waals surface area (Å²) in [4.78, 5) is 4.02. The Kier molecular flexibility index (Phi) is 3.06. The van der Waals surface area contributed by atoms with Crippen molar-refractivity contribution in [1.82, 2.24) is 4.98 Å². The SMILES string of the molecule is Nc1cnc(Cc2cccc(C(F)(F)F)c2)s1. The Morgan fingerprint density at radius 1 is 1.29 bits per heavy atom. The third-order valence-electron chi connectivity index (χ3n) is 2.18. The number of benzene rings is 1. The van der Waals surface area contributed by atoms with Gasteiger partial charge in [0.05, 0.1) is 16.8 Å². The molecule has 0 fully saturated rings. The van der Waals surface area contributed by atoms with Crippen LogP contribution in [0.2, 0.25) is 0 Å². The number of anilines is 1. The molecular weight excluding hydrogens is 249 g/mol. The molecular formula is C11H9F3N2S. The molecule has 2 N–H and O–H groups in total. The molecule has 0 radical (unpaired) electrons. The molecule has 0 saturated carbocycles. The molecule has 0 unspecified atom stereocenters. The molecule has 2 aromatic rings. The first-order valence-electron chi connectivity index (χ1n) is 4.81. The molecule has 2 nitrogen and oxygen atoms in total. The van der Waals surface area contributed by atoms with Gasteiger partial charge in [-0.1, -0.05) is 18.2 Å². The predicted molar refractivity (Wildman–Crippen MR) is 60.8 cm³/mol. The van der Waals surface area contributed by atoms with Gasteiger partial charge in [-0.15, -0.1) is 11.3 Å². The van der Waals surface area contributed by atoms with Crippen LogP contribution in [-0.4, -0.2) is 4.98 Å². The molecule has 0 aliphatic rings. The van der Waals surface area contributed by atoms with E-state index in [2.05, 4.69) is 4.98 Å². The molecule has 6 heteroatoms. The third-order valence-corrected chi connectivity index (χ3v) is 3.01. The molecule has 0 bridgehead atoms. The van der Waals surface area contributed by atoms with Gasteiger partial charge in [-0.3, -0.25) is 0 Å². The van der Waals surface area contributed by atoms with E-state index in [0.29, 0.717) is 22.0 Å². The highest BCUT2D eigenvalue weighted by atomic mass is 32.1. The van der Waals surface area contributed by atoms with Crippen molar-refractivity contribution >= 4 is 16.3 Å². The van der Waals surface area contributed by atoms with Crippen LogP contribution in [0.4, 0.5) is 18.2 Å². The monoisotopic (exact) mass is 258 g/mol. The van der Waals surface area contributed by atoms with E-state index in [1.54, 1.807) is 6.07 Å². The van der Waals surface area contributed by atoms with E-state index in [1.807, 2.05) is 0 Å². The maximum Gasteiger partial charge on any atom is 0.416 e. The molecule has 0 amide bonds. The molecule has 0 spiro atoms. The second-order valence-electron chi connectivity index (χ2n) is 3.53. The zero-order valence-electron chi connectivity index (χ0n) is 8.66. The number of nitrogens with two attached hydrogens (primary N) is 1. The zero-order chi connectivity index (χ0) is 12.5. The van der Waals surface area contributed by atoms with Gasteiger partial charge in [0.15, 0.2) is 0 Å². The van der Waals surface area contributed by atoms with E-state index in [9.17, 15) is 13.2 Å². The van der Waals surface area contributed by atoms with Crippen molar-refractivity contribution in [2.45, 2.75) is 12.6 Å². The van der Waals surface area contributed by atoms with Gasteiger partial charge in [0.25, 0.3) is 0 Å². The number of hydrogen-bond acceptors (Lipinski definition) is 3. The molecule has 1 heterocycles. The number of thiazole rings is 1. The van der Waals surface area contributed by atoms with Crippen molar-refractivity contribution in [2.75, 3.05) is 5.73 Å². The van der Waals surface area contributed by atoms with Crippen LogP contribution in [0, 0.1) is 0 Å². The number of hydrogen-bond donors (Lipinski definition) is 1. The number of halogens is 3. The summed E-state index contributed by atoms with van der Waals surface area (Å²) in [6.45, 7) is 0. The number of aromatic nitrogens is 1. The van der Waals surface area contributed by atoms with Crippen molar-refractivity contribution in [3.8, 4) is 0 Å². The van der Waals surface area contributed by atoms with Gasteiger partial charge in [-0.05, 0) is 11.6 Å². The minimum Gasteiger partial charge on any atom is -0.389 e. The lowest BCUT2D eigenvalue weighted by molar-refractivity contribution is -0.137. The standard InChI is InChI=1S/C11H9F3N2S/c12-11(13,14)8-3-1-2-7(4-8)5-10-16-6-9(15)17-10/h1-4,6H,5,15H2. The van der Waals surface area contributed by atoms with Crippen LogP contribution in [0.3, 0.4) is 0 Å². The first-order valence-corrected chi connectivity index (χ1v) is 5.63. The molecule has 0 saturated heterocycles. The topological polar surface area (TPSA) is 38.9 Å². The summed E-state index contributed by atoms with van der Waals surface area (Å²) in [7, 11) is 0. The van der Waals surface area contributed by atoms with E-state index < -0.39 is 11.7 Å². The minimum atomic E-state index is -4.31. The van der Waals surface area contributed by atoms with Crippen LogP contribution in [0.25, 0.3) is 0 Å². The maximum absolute atomic E-state index is 12.5. The molecule has 0 aliphatic heterocycles. The van der Waals surface area contributed by atoms with Crippen molar-refractivity contribution in [1.29, 1.82) is 0 Å². The van der Waals surface area contributed by atoms with Crippen LogP contribution < -0.4 is 5.73 Å². The zero-order valence-corrected chi connectivity index (χ0v) is 9.48. The Bertz CT molecular complexity index is 519. The molecule has 1 aromatic heterocycles. The van der Waals surface area contributed by atoms with Gasteiger partial charge in [-0.25, -0.2) is 4.98 Å². The van der Waals surface area contributed by atoms with Gasteiger partial charge in [0.1, 0.15) is 5.00 Å². The summed E-state index contributed by atoms with van der Waals surface area (Å²) in [5.74, 6) is 0. The predicted octanol–water partition coefficient (Wildman–Crippen LogP) is 3.33. The Hall–Kier alpha value is -1.56. The van der Waals surface area contributed by atoms with Crippen molar-refractivity contribution in [3.05, 3.63) is 46.6 Å². The fraction of sp³-hybridized carbons (Fsp3) is 0.182. The van der Waals surface area contributed by atoms with Gasteiger partial charge in [-0.2, -0.15) is 13.2 Å². The summed E-state index contributed by atoms with van der Waals surface area (Å²) in [6, 6.07) is 5.24. The smallest absolute Gasteiger partial charge is 0.389 e. The Balaban J connectivity index is 2.22. The van der Waals surface area contributed by atoms with Crippen molar-refractivity contribution in [3.63, 3.8) is 0 Å². The van der Waals surface area contributed by atoms with E-state index in [4.69, 9.17) is 5.73 Å². The van der Waals surface area contributed by atoms with Crippen LogP contribution in [0.5, 0.6) is 0 Å². The normalized spacial score (nSPS) is 11.7.